The Morgan fingerprint density at radius 2 is 2.00 bits per heavy atom. The van der Waals surface area contributed by atoms with Gasteiger partial charge in [0.05, 0.1) is 11.6 Å². The number of fused-ring (bicyclic) bond motifs is 1. The normalized spacial score (nSPS) is 11.0. The number of hydrogen-bond acceptors (Lipinski definition) is 5. The van der Waals surface area contributed by atoms with Crippen molar-refractivity contribution in [2.24, 2.45) is 0 Å². The molecule has 0 atom stereocenters. The van der Waals surface area contributed by atoms with Crippen molar-refractivity contribution < 1.29 is 4.42 Å². The number of nitrogens with zero attached hydrogens (tertiary/aromatic N) is 4. The standard InChI is InChI=1S/C17H11ClN4O2/c18-12-5-3-4-11(8-12)15-9-19-16(24-15)10-22-17(23)13-6-1-2-7-14(13)20-21-22/h1-9H,10H2. The largest absolute Gasteiger partial charge is 0.439 e. The molecular weight excluding hydrogens is 328 g/mol. The summed E-state index contributed by atoms with van der Waals surface area (Å²) in [6.07, 6.45) is 1.60. The molecular formula is C17H11ClN4O2. The Balaban J connectivity index is 1.67. The van der Waals surface area contributed by atoms with Crippen LogP contribution in [0.15, 0.2) is 63.9 Å². The Kier molecular flexibility index (Phi) is 3.59. The van der Waals surface area contributed by atoms with Crippen molar-refractivity contribution in [3.8, 4) is 11.3 Å². The van der Waals surface area contributed by atoms with Crippen LogP contribution in [-0.2, 0) is 6.54 Å². The van der Waals surface area contributed by atoms with E-state index in [1.54, 1.807) is 36.5 Å². The number of oxazole rings is 1. The molecule has 0 fully saturated rings. The molecule has 0 saturated carbocycles. The third kappa shape index (κ3) is 2.68. The van der Waals surface area contributed by atoms with E-state index in [-0.39, 0.29) is 12.1 Å². The third-order valence-corrected chi connectivity index (χ3v) is 3.81. The van der Waals surface area contributed by atoms with E-state index in [1.165, 1.54) is 4.68 Å². The molecule has 2 heterocycles. The molecule has 0 bridgehead atoms. The third-order valence-electron chi connectivity index (χ3n) is 3.58. The molecule has 0 N–H and O–H groups in total. The van der Waals surface area contributed by atoms with Crippen molar-refractivity contribution in [2.45, 2.75) is 6.54 Å². The second-order valence-electron chi connectivity index (χ2n) is 5.20. The Hall–Kier alpha value is -2.99. The number of rotatable bonds is 3. The van der Waals surface area contributed by atoms with Crippen LogP contribution in [0.1, 0.15) is 5.89 Å². The first-order valence-electron chi connectivity index (χ1n) is 7.24. The van der Waals surface area contributed by atoms with Gasteiger partial charge < -0.3 is 4.42 Å². The van der Waals surface area contributed by atoms with Crippen LogP contribution in [0.4, 0.5) is 0 Å². The van der Waals surface area contributed by atoms with Crippen molar-refractivity contribution in [2.75, 3.05) is 0 Å². The molecule has 7 heteroatoms. The van der Waals surface area contributed by atoms with Gasteiger partial charge in [-0.1, -0.05) is 41.1 Å². The highest BCUT2D eigenvalue weighted by Crippen LogP contribution is 2.23. The minimum atomic E-state index is -0.233. The predicted octanol–water partition coefficient (Wildman–Crippen LogP) is 3.15. The maximum absolute atomic E-state index is 12.4. The molecule has 4 rings (SSSR count). The van der Waals surface area contributed by atoms with E-state index in [2.05, 4.69) is 15.3 Å². The Labute approximate surface area is 141 Å². The monoisotopic (exact) mass is 338 g/mol. The molecule has 0 aliphatic heterocycles. The Bertz CT molecular complexity index is 1090. The lowest BCUT2D eigenvalue weighted by atomic mass is 10.2. The summed E-state index contributed by atoms with van der Waals surface area (Å²) >= 11 is 5.98. The van der Waals surface area contributed by atoms with Gasteiger partial charge in [-0.2, -0.15) is 0 Å². The fourth-order valence-electron chi connectivity index (χ4n) is 2.41. The molecule has 0 aliphatic rings. The van der Waals surface area contributed by atoms with Gasteiger partial charge in [-0.15, -0.1) is 5.10 Å². The molecule has 4 aromatic rings. The van der Waals surface area contributed by atoms with Gasteiger partial charge in [0, 0.05) is 10.6 Å². The molecule has 2 aromatic heterocycles. The fraction of sp³-hybridized carbons (Fsp3) is 0.0588. The molecule has 0 saturated heterocycles. The van der Waals surface area contributed by atoms with Gasteiger partial charge in [0.2, 0.25) is 5.89 Å². The van der Waals surface area contributed by atoms with Crippen LogP contribution in [0.2, 0.25) is 5.02 Å². The van der Waals surface area contributed by atoms with Gasteiger partial charge in [-0.25, -0.2) is 9.67 Å². The second kappa shape index (κ2) is 5.90. The highest BCUT2D eigenvalue weighted by molar-refractivity contribution is 6.30. The molecule has 0 aliphatic carbocycles. The van der Waals surface area contributed by atoms with Crippen LogP contribution < -0.4 is 5.56 Å². The van der Waals surface area contributed by atoms with E-state index in [0.717, 1.165) is 5.56 Å². The zero-order valence-electron chi connectivity index (χ0n) is 12.4. The molecule has 118 valence electrons. The number of aromatic nitrogens is 4. The van der Waals surface area contributed by atoms with Gasteiger partial charge in [-0.3, -0.25) is 4.79 Å². The van der Waals surface area contributed by atoms with Gasteiger partial charge >= 0.3 is 0 Å². The molecule has 0 amide bonds. The van der Waals surface area contributed by atoms with Crippen LogP contribution in [0.5, 0.6) is 0 Å². The first-order valence-corrected chi connectivity index (χ1v) is 7.62. The van der Waals surface area contributed by atoms with Crippen LogP contribution >= 0.6 is 11.6 Å². The van der Waals surface area contributed by atoms with Gasteiger partial charge in [0.15, 0.2) is 5.76 Å². The van der Waals surface area contributed by atoms with E-state index in [1.807, 2.05) is 18.2 Å². The minimum Gasteiger partial charge on any atom is -0.439 e. The smallest absolute Gasteiger partial charge is 0.278 e. The second-order valence-corrected chi connectivity index (χ2v) is 5.63. The molecule has 6 nitrogen and oxygen atoms in total. The van der Waals surface area contributed by atoms with E-state index in [9.17, 15) is 4.79 Å². The number of halogens is 1. The molecule has 2 aromatic carbocycles. The lowest BCUT2D eigenvalue weighted by Gasteiger charge is -2.02. The lowest BCUT2D eigenvalue weighted by Crippen LogP contribution is -2.24. The van der Waals surface area contributed by atoms with Crippen LogP contribution in [0.3, 0.4) is 0 Å². The molecule has 0 radical (unpaired) electrons. The van der Waals surface area contributed by atoms with E-state index in [0.29, 0.717) is 27.6 Å². The topological polar surface area (TPSA) is 73.8 Å². The maximum atomic E-state index is 12.4. The summed E-state index contributed by atoms with van der Waals surface area (Å²) in [5.41, 5.74) is 1.15. The quantitative estimate of drug-likeness (QED) is 0.573. The fourth-order valence-corrected chi connectivity index (χ4v) is 2.60. The summed E-state index contributed by atoms with van der Waals surface area (Å²) in [5.74, 6) is 0.950. The molecule has 24 heavy (non-hydrogen) atoms. The molecule has 0 unspecified atom stereocenters. The maximum Gasteiger partial charge on any atom is 0.278 e. The first-order chi connectivity index (χ1) is 11.7. The van der Waals surface area contributed by atoms with Crippen LogP contribution in [0, 0.1) is 0 Å². The van der Waals surface area contributed by atoms with Crippen LogP contribution in [-0.4, -0.2) is 20.0 Å². The SMILES string of the molecule is O=c1c2ccccc2nnn1Cc1ncc(-c2cccc(Cl)c2)o1. The van der Waals surface area contributed by atoms with Crippen molar-refractivity contribution in [3.63, 3.8) is 0 Å². The van der Waals surface area contributed by atoms with E-state index < -0.39 is 0 Å². The summed E-state index contributed by atoms with van der Waals surface area (Å²) in [4.78, 5) is 16.6. The van der Waals surface area contributed by atoms with Crippen LogP contribution in [0.25, 0.3) is 22.2 Å². The summed E-state index contributed by atoms with van der Waals surface area (Å²) in [7, 11) is 0. The highest BCUT2D eigenvalue weighted by atomic mass is 35.5. The zero-order valence-corrected chi connectivity index (χ0v) is 13.1. The Morgan fingerprint density at radius 3 is 2.88 bits per heavy atom. The average molecular weight is 339 g/mol. The number of hydrogen-bond donors (Lipinski definition) is 0. The molecule has 0 spiro atoms. The highest BCUT2D eigenvalue weighted by Gasteiger charge is 2.11. The number of benzene rings is 2. The minimum absolute atomic E-state index is 0.108. The zero-order chi connectivity index (χ0) is 16.5. The van der Waals surface area contributed by atoms with Crippen molar-refractivity contribution in [1.29, 1.82) is 0 Å². The Morgan fingerprint density at radius 1 is 1.12 bits per heavy atom. The van der Waals surface area contributed by atoms with E-state index >= 15 is 0 Å². The van der Waals surface area contributed by atoms with E-state index in [4.69, 9.17) is 16.0 Å². The van der Waals surface area contributed by atoms with Gasteiger partial charge in [-0.05, 0) is 24.3 Å². The average Bonchev–Trinajstić information content (AvgIpc) is 3.06. The van der Waals surface area contributed by atoms with Gasteiger partial charge in [0.1, 0.15) is 12.1 Å². The first kappa shape index (κ1) is 14.6. The van der Waals surface area contributed by atoms with Crippen molar-refractivity contribution in [1.82, 2.24) is 20.0 Å². The summed E-state index contributed by atoms with van der Waals surface area (Å²) < 4.78 is 6.93. The summed E-state index contributed by atoms with van der Waals surface area (Å²) in [6, 6.07) is 14.3. The van der Waals surface area contributed by atoms with Gasteiger partial charge in [0.25, 0.3) is 5.56 Å². The predicted molar refractivity (Wildman–Crippen MR) is 89.8 cm³/mol. The van der Waals surface area contributed by atoms with Crippen molar-refractivity contribution >= 4 is 22.5 Å². The van der Waals surface area contributed by atoms with Crippen molar-refractivity contribution in [3.05, 3.63) is 76.0 Å². The summed E-state index contributed by atoms with van der Waals surface area (Å²) in [6.45, 7) is 0.108. The summed E-state index contributed by atoms with van der Waals surface area (Å²) in [5, 5.41) is 9.09. The lowest BCUT2D eigenvalue weighted by molar-refractivity contribution is 0.458.